The van der Waals surface area contributed by atoms with Gasteiger partial charge in [-0.3, -0.25) is 14.5 Å². The number of esters is 1. The summed E-state index contributed by atoms with van der Waals surface area (Å²) in [7, 11) is 0. The van der Waals surface area contributed by atoms with E-state index in [1.165, 1.54) is 30.9 Å². The molecule has 0 bridgehead atoms. The maximum Gasteiger partial charge on any atom is 0.330 e. The fourth-order valence-corrected chi connectivity index (χ4v) is 5.83. The van der Waals surface area contributed by atoms with Crippen LogP contribution < -0.4 is 61.3 Å². The molecule has 2 N–H and O–H groups in total. The summed E-state index contributed by atoms with van der Waals surface area (Å²) >= 11 is 0. The summed E-state index contributed by atoms with van der Waals surface area (Å²) in [5.74, 6) is -11.8. The molecule has 1 aliphatic carbocycles. The van der Waals surface area contributed by atoms with Gasteiger partial charge in [0, 0.05) is 24.7 Å². The second-order valence-corrected chi connectivity index (χ2v) is 14.1. The number of nitrogens with zero attached hydrogens (tertiary/aromatic N) is 1. The van der Waals surface area contributed by atoms with Crippen LogP contribution in [-0.2, 0) is 32.2 Å². The number of phenols is 2. The van der Waals surface area contributed by atoms with Crippen LogP contribution in [0.4, 0.5) is 0 Å². The van der Waals surface area contributed by atoms with E-state index >= 15 is 0 Å². The normalized spacial score (nSPS) is 18.2. The Hall–Kier alpha value is -7.26. The zero-order valence-electron chi connectivity index (χ0n) is 32.9. The first-order chi connectivity index (χ1) is 28.8. The molecule has 4 aromatic carbocycles. The summed E-state index contributed by atoms with van der Waals surface area (Å²) in [5, 5.41) is 155. The lowest BCUT2D eigenvalue weighted by atomic mass is 9.77. The van der Waals surface area contributed by atoms with Crippen LogP contribution in [0, 0.1) is 0 Å². The van der Waals surface area contributed by atoms with Gasteiger partial charge in [0.15, 0.2) is 5.78 Å². The van der Waals surface area contributed by atoms with E-state index in [4.69, 9.17) is 14.9 Å². The molecule has 1 fully saturated rings. The molecule has 0 aliphatic heterocycles. The van der Waals surface area contributed by atoms with Gasteiger partial charge in [-0.1, -0.05) is 54.5 Å². The van der Waals surface area contributed by atoms with Crippen molar-refractivity contribution in [2.45, 2.75) is 70.6 Å². The Morgan fingerprint density at radius 3 is 1.60 bits per heavy atom. The molecule has 20 heteroatoms. The molecule has 0 spiro atoms. The van der Waals surface area contributed by atoms with Crippen molar-refractivity contribution in [3.05, 3.63) is 82.9 Å². The quantitative estimate of drug-likeness (QED) is 0.0808. The number of carbonyl (C=O) groups is 4. The van der Waals surface area contributed by atoms with Crippen molar-refractivity contribution in [1.29, 1.82) is 0 Å². The number of carbonyl (C=O) groups excluding carboxylic acids is 4. The molecule has 4 unspecified atom stereocenters. The zero-order valence-corrected chi connectivity index (χ0v) is 32.9. The Morgan fingerprint density at radius 2 is 1.18 bits per heavy atom. The lowest BCUT2D eigenvalue weighted by molar-refractivity contribution is -0.572. The number of hydrogen-bond donors (Lipinski definition) is 2. The average molecular weight is 858 g/mol. The van der Waals surface area contributed by atoms with Crippen molar-refractivity contribution >= 4 is 29.4 Å². The number of Topliss-reactive ketones (excluding diaryl/α,β-unsaturated/α-hetero) is 3. The van der Waals surface area contributed by atoms with Gasteiger partial charge in [-0.25, -0.2) is 4.79 Å². The van der Waals surface area contributed by atoms with Crippen molar-refractivity contribution < 1.29 is 95.4 Å². The minimum Gasteiger partial charge on any atom is -0.873 e. The van der Waals surface area contributed by atoms with E-state index in [2.05, 4.69) is 0 Å². The molecule has 0 heterocycles. The van der Waals surface area contributed by atoms with Crippen molar-refractivity contribution in [2.75, 3.05) is 6.54 Å². The van der Waals surface area contributed by atoms with Gasteiger partial charge in [-0.05, 0) is 67.8 Å². The highest BCUT2D eigenvalue weighted by Gasteiger charge is 2.35. The summed E-state index contributed by atoms with van der Waals surface area (Å²) in [6.45, 7) is 3.51. The predicted molar refractivity (Wildman–Crippen MR) is 188 cm³/mol. The monoisotopic (exact) mass is 857 g/mol. The lowest BCUT2D eigenvalue weighted by Crippen LogP contribution is -2.68. The number of ether oxygens (including phenoxy) is 1. The molecule has 1 aliphatic rings. The molecule has 4 aromatic rings. The number of hydrogen-bond acceptors (Lipinski definition) is 20. The third-order valence-electron chi connectivity index (χ3n) is 8.96. The number of aromatic hydroxyl groups is 2. The second kappa shape index (κ2) is 20.8. The fourth-order valence-electron chi connectivity index (χ4n) is 5.83. The Labute approximate surface area is 352 Å². The third-order valence-corrected chi connectivity index (χ3v) is 8.96. The first-order valence-corrected chi connectivity index (χ1v) is 18.0. The maximum absolute atomic E-state index is 12.3. The number of ketones is 3. The molecule has 62 heavy (non-hydrogen) atoms. The molecule has 0 saturated heterocycles. The van der Waals surface area contributed by atoms with Crippen molar-refractivity contribution in [2.24, 2.45) is 0 Å². The van der Waals surface area contributed by atoms with Crippen LogP contribution >= 0.6 is 0 Å². The van der Waals surface area contributed by atoms with Crippen molar-refractivity contribution in [1.82, 2.24) is 4.90 Å². The Kier molecular flexibility index (Phi) is 16.5. The summed E-state index contributed by atoms with van der Waals surface area (Å²) in [5.41, 5.74) is -1.37. The number of phenolic OH excluding ortho intramolecular Hbond substituents is 2. The van der Waals surface area contributed by atoms with Gasteiger partial charge in [0.1, 0.15) is 23.1 Å². The highest BCUT2D eigenvalue weighted by Crippen LogP contribution is 2.34. The zero-order chi connectivity index (χ0) is 46.8. The molecular weight excluding hydrogens is 822 g/mol. The van der Waals surface area contributed by atoms with E-state index in [0.29, 0.717) is 0 Å². The Morgan fingerprint density at radius 1 is 0.694 bits per heavy atom. The van der Waals surface area contributed by atoms with Crippen LogP contribution in [0.25, 0.3) is 6.08 Å². The second-order valence-electron chi connectivity index (χ2n) is 14.1. The minimum atomic E-state index is -2.23. The molecule has 334 valence electrons. The molecule has 0 amide bonds. The van der Waals surface area contributed by atoms with Gasteiger partial charge in [0.2, 0.25) is 0 Å². The van der Waals surface area contributed by atoms with Crippen LogP contribution in [0.2, 0.25) is 0 Å². The first-order valence-electron chi connectivity index (χ1n) is 18.0. The Balaban J connectivity index is 0.000000263. The summed E-state index contributed by atoms with van der Waals surface area (Å²) in [6.07, 6.45) is -4.28. The summed E-state index contributed by atoms with van der Waals surface area (Å²) in [4.78, 5) is 46.8. The van der Waals surface area contributed by atoms with Crippen LogP contribution in [0.15, 0.2) is 60.7 Å². The number of rotatable bonds is 11. The molecule has 20 nitrogen and oxygen atoms in total. The van der Waals surface area contributed by atoms with E-state index in [-0.39, 0.29) is 53.5 Å². The molecule has 0 aromatic heterocycles. The van der Waals surface area contributed by atoms with E-state index in [9.17, 15) is 80.5 Å². The summed E-state index contributed by atoms with van der Waals surface area (Å²) < 4.78 is 4.87. The molecule has 1 saturated carbocycles. The number of benzene rings is 4. The van der Waals surface area contributed by atoms with Gasteiger partial charge in [-0.15, -0.1) is 58.2 Å². The van der Waals surface area contributed by atoms with Gasteiger partial charge in [0.25, 0.3) is 0 Å². The highest BCUT2D eigenvalue weighted by molar-refractivity contribution is 5.95. The largest absolute Gasteiger partial charge is 0.873 e. The SMILES string of the molecule is CC(=O)C1([O-])CC([O-])C([O-])C(OC(=O)/C=C/c2ccc([O-])c([O-])c2)C1.CC(=O)CN(Cc1cc([O-])c([O-])c([O-])c1)Cc1cc([O-])c([O-])c([O-])c1.CC(=O)c1cc(O)c([O-])c(O)c1. The average Bonchev–Trinajstić information content (AvgIpc) is 3.17. The van der Waals surface area contributed by atoms with Gasteiger partial charge < -0.3 is 81.0 Å². The maximum atomic E-state index is 12.3. The molecular formula is C42H35NO19-12. The van der Waals surface area contributed by atoms with Crippen LogP contribution in [0.1, 0.15) is 60.7 Å². The topological polar surface area (TPSA) is 398 Å². The molecule has 5 rings (SSSR count). The van der Waals surface area contributed by atoms with Gasteiger partial charge >= 0.3 is 5.97 Å². The van der Waals surface area contributed by atoms with E-state index in [1.807, 2.05) is 0 Å². The smallest absolute Gasteiger partial charge is 0.330 e. The van der Waals surface area contributed by atoms with Crippen molar-refractivity contribution in [3.63, 3.8) is 0 Å². The summed E-state index contributed by atoms with van der Waals surface area (Å²) in [6, 6.07) is 9.49. The van der Waals surface area contributed by atoms with Crippen LogP contribution in [-0.4, -0.2) is 68.9 Å². The van der Waals surface area contributed by atoms with Crippen LogP contribution in [0.5, 0.6) is 63.2 Å². The van der Waals surface area contributed by atoms with E-state index < -0.39 is 112 Å². The third kappa shape index (κ3) is 13.4. The first kappa shape index (κ1) is 49.1. The predicted octanol–water partition coefficient (Wildman–Crippen LogP) is -5.21. The minimum absolute atomic E-state index is 0.0220. The fraction of sp³-hybridized carbons (Fsp3) is 0.286. The van der Waals surface area contributed by atoms with E-state index in [0.717, 1.165) is 61.5 Å². The van der Waals surface area contributed by atoms with Gasteiger partial charge in [0.05, 0.1) is 12.6 Å². The lowest BCUT2D eigenvalue weighted by Gasteiger charge is -2.56. The highest BCUT2D eigenvalue weighted by atomic mass is 16.6. The van der Waals surface area contributed by atoms with Gasteiger partial charge in [-0.2, -0.15) is 0 Å². The van der Waals surface area contributed by atoms with Crippen LogP contribution in [0.3, 0.4) is 0 Å². The van der Waals surface area contributed by atoms with Crippen molar-refractivity contribution in [3.8, 4) is 63.2 Å². The Bertz CT molecular complexity index is 2200. The molecule has 4 atom stereocenters. The molecule has 0 radical (unpaired) electrons. The standard InChI is InChI=1S/C17H19NO7.C17H17O8.C8H8O4/c1-9(19)6-18(7-10-2-12(20)16(24)13(21)3-10)8-11-4-14(22)17(25)15(23)5-11;1-9(18)17(24)7-13(21)16(23)14(8-17)25-15(22)5-3-10-2-4-11(19)12(20)6-10;1-4(9)5-2-6(10)8(12)7(11)3-5/h2-5,20-25H,6-8H2,1H3;2-6,13-14,16,19-20H,7-8H2,1H3;2-3,10-12H,1H3/q;-3;/p-9/b;5-3+;. The van der Waals surface area contributed by atoms with E-state index in [1.54, 1.807) is 0 Å².